The number of aromatic nitrogens is 3. The average Bonchev–Trinajstić information content (AvgIpc) is 2.88. The normalized spacial score (nSPS) is 29.5. The van der Waals surface area contributed by atoms with E-state index >= 15 is 0 Å². The van der Waals surface area contributed by atoms with Gasteiger partial charge in [-0.1, -0.05) is 20.8 Å². The van der Waals surface area contributed by atoms with Gasteiger partial charge in [-0.3, -0.25) is 9.48 Å². The second-order valence-corrected chi connectivity index (χ2v) is 6.54. The van der Waals surface area contributed by atoms with Crippen LogP contribution in [0.3, 0.4) is 0 Å². The van der Waals surface area contributed by atoms with Gasteiger partial charge in [-0.15, -0.1) is 0 Å². The summed E-state index contributed by atoms with van der Waals surface area (Å²) in [5.74, 6) is -0.145. The lowest BCUT2D eigenvalue weighted by Gasteiger charge is -2.41. The highest BCUT2D eigenvalue weighted by molar-refractivity contribution is 5.78. The summed E-state index contributed by atoms with van der Waals surface area (Å²) in [6.45, 7) is 7.54. The molecule has 1 aromatic heterocycles. The van der Waals surface area contributed by atoms with Gasteiger partial charge < -0.3 is 5.73 Å². The molecular weight excluding hydrogens is 240 g/mol. The van der Waals surface area contributed by atoms with Crippen molar-refractivity contribution in [3.63, 3.8) is 0 Å². The van der Waals surface area contributed by atoms with Gasteiger partial charge >= 0.3 is 0 Å². The molecule has 0 radical (unpaired) electrons. The van der Waals surface area contributed by atoms with E-state index in [-0.39, 0.29) is 22.7 Å². The summed E-state index contributed by atoms with van der Waals surface area (Å²) >= 11 is 0. The van der Waals surface area contributed by atoms with E-state index in [4.69, 9.17) is 5.73 Å². The minimum atomic E-state index is -0.148. The van der Waals surface area contributed by atoms with Crippen molar-refractivity contribution >= 4 is 5.91 Å². The van der Waals surface area contributed by atoms with Crippen molar-refractivity contribution in [3.05, 3.63) is 12.7 Å². The van der Waals surface area contributed by atoms with Crippen molar-refractivity contribution in [2.45, 2.75) is 53.0 Å². The summed E-state index contributed by atoms with van der Waals surface area (Å²) in [6, 6.07) is 0. The number of primary amides is 1. The van der Waals surface area contributed by atoms with E-state index in [0.717, 1.165) is 32.2 Å². The summed E-state index contributed by atoms with van der Waals surface area (Å²) in [5.41, 5.74) is 5.69. The monoisotopic (exact) mass is 264 g/mol. The van der Waals surface area contributed by atoms with E-state index in [2.05, 4.69) is 30.9 Å². The van der Waals surface area contributed by atoms with E-state index in [1.165, 1.54) is 0 Å². The lowest BCUT2D eigenvalue weighted by atomic mass is 9.63. The molecule has 1 aliphatic rings. The molecule has 0 unspecified atom stereocenters. The first-order valence-corrected chi connectivity index (χ1v) is 6.98. The Labute approximate surface area is 114 Å². The molecule has 1 heterocycles. The van der Waals surface area contributed by atoms with Crippen LogP contribution in [0.1, 0.15) is 46.5 Å². The van der Waals surface area contributed by atoms with Gasteiger partial charge in [0, 0.05) is 12.5 Å². The van der Waals surface area contributed by atoms with Gasteiger partial charge in [-0.2, -0.15) is 5.10 Å². The molecular formula is C14H24N4O. The highest BCUT2D eigenvalue weighted by atomic mass is 16.1. The van der Waals surface area contributed by atoms with Crippen LogP contribution in [0.25, 0.3) is 0 Å². The highest BCUT2D eigenvalue weighted by Crippen LogP contribution is 2.58. The minimum absolute atomic E-state index is 0.00358. The molecule has 5 nitrogen and oxygen atoms in total. The molecule has 1 fully saturated rings. The Hall–Kier alpha value is -1.39. The van der Waals surface area contributed by atoms with Crippen LogP contribution in [0, 0.1) is 16.7 Å². The first-order valence-electron chi connectivity index (χ1n) is 6.98. The summed E-state index contributed by atoms with van der Waals surface area (Å²) in [6.07, 6.45) is 7.43. The summed E-state index contributed by atoms with van der Waals surface area (Å²) in [5, 5.41) is 4.11. The van der Waals surface area contributed by atoms with Crippen molar-refractivity contribution in [1.29, 1.82) is 0 Å². The zero-order chi connectivity index (χ0) is 14.1. The fraction of sp³-hybridized carbons (Fsp3) is 0.786. The third kappa shape index (κ3) is 2.51. The zero-order valence-electron chi connectivity index (χ0n) is 12.1. The van der Waals surface area contributed by atoms with Crippen LogP contribution in [0.4, 0.5) is 0 Å². The van der Waals surface area contributed by atoms with Crippen LogP contribution < -0.4 is 5.73 Å². The third-order valence-corrected chi connectivity index (χ3v) is 5.34. The molecule has 2 rings (SSSR count). The standard InChI is InChI=1S/C14H24N4O/c1-13(2)11(12(15)19)5-7-14(13,3)6-4-8-18-10-16-9-17-18/h9-11H,4-8H2,1-3H3,(H2,15,19)/t11-,14-/m1/s1. The number of hydrogen-bond donors (Lipinski definition) is 1. The third-order valence-electron chi connectivity index (χ3n) is 5.34. The maximum atomic E-state index is 11.6. The Bertz CT molecular complexity index is 440. The number of nitrogens with zero attached hydrogens (tertiary/aromatic N) is 3. The number of hydrogen-bond acceptors (Lipinski definition) is 3. The first-order chi connectivity index (χ1) is 8.87. The number of aryl methyl sites for hydroxylation is 1. The highest BCUT2D eigenvalue weighted by Gasteiger charge is 2.52. The van der Waals surface area contributed by atoms with Gasteiger partial charge in [0.15, 0.2) is 0 Å². The number of carbonyl (C=O) groups excluding carboxylic acids is 1. The molecule has 0 aliphatic heterocycles. The van der Waals surface area contributed by atoms with Gasteiger partial charge in [-0.25, -0.2) is 4.98 Å². The largest absolute Gasteiger partial charge is 0.369 e. The first kappa shape index (κ1) is 14.0. The Balaban J connectivity index is 1.97. The summed E-state index contributed by atoms with van der Waals surface area (Å²) in [7, 11) is 0. The van der Waals surface area contributed by atoms with Crippen molar-refractivity contribution in [2.24, 2.45) is 22.5 Å². The molecule has 1 aliphatic carbocycles. The molecule has 0 spiro atoms. The van der Waals surface area contributed by atoms with Crippen LogP contribution in [-0.2, 0) is 11.3 Å². The molecule has 19 heavy (non-hydrogen) atoms. The maximum absolute atomic E-state index is 11.6. The number of carbonyl (C=O) groups is 1. The minimum Gasteiger partial charge on any atom is -0.369 e. The SMILES string of the molecule is CC1(C)[C@@H](C(N)=O)CC[C@@]1(C)CCCn1cncn1. The van der Waals surface area contributed by atoms with Gasteiger partial charge in [0.25, 0.3) is 0 Å². The van der Waals surface area contributed by atoms with E-state index < -0.39 is 0 Å². The molecule has 0 bridgehead atoms. The van der Waals surface area contributed by atoms with Crippen LogP contribution in [0.5, 0.6) is 0 Å². The fourth-order valence-corrected chi connectivity index (χ4v) is 3.49. The van der Waals surface area contributed by atoms with E-state index in [1.807, 2.05) is 4.68 Å². The quantitative estimate of drug-likeness (QED) is 0.883. The molecule has 0 aromatic carbocycles. The lowest BCUT2D eigenvalue weighted by molar-refractivity contribution is -0.126. The Kier molecular flexibility index (Phi) is 3.65. The van der Waals surface area contributed by atoms with Crippen molar-refractivity contribution in [1.82, 2.24) is 14.8 Å². The van der Waals surface area contributed by atoms with Crippen molar-refractivity contribution in [3.8, 4) is 0 Å². The van der Waals surface area contributed by atoms with Crippen LogP contribution in [-0.4, -0.2) is 20.7 Å². The van der Waals surface area contributed by atoms with Gasteiger partial charge in [0.1, 0.15) is 12.7 Å². The Morgan fingerprint density at radius 2 is 2.21 bits per heavy atom. The van der Waals surface area contributed by atoms with Crippen LogP contribution in [0.15, 0.2) is 12.7 Å². The second kappa shape index (κ2) is 4.94. The Morgan fingerprint density at radius 3 is 2.74 bits per heavy atom. The van der Waals surface area contributed by atoms with E-state index in [1.54, 1.807) is 12.7 Å². The second-order valence-electron chi connectivity index (χ2n) is 6.54. The smallest absolute Gasteiger partial charge is 0.221 e. The van der Waals surface area contributed by atoms with Gasteiger partial charge in [0.2, 0.25) is 5.91 Å². The average molecular weight is 264 g/mol. The molecule has 2 atom stereocenters. The van der Waals surface area contributed by atoms with Crippen LogP contribution in [0.2, 0.25) is 0 Å². The van der Waals surface area contributed by atoms with Crippen LogP contribution >= 0.6 is 0 Å². The summed E-state index contributed by atoms with van der Waals surface area (Å²) < 4.78 is 1.86. The number of nitrogens with two attached hydrogens (primary N) is 1. The Morgan fingerprint density at radius 1 is 1.47 bits per heavy atom. The topological polar surface area (TPSA) is 73.8 Å². The predicted octanol–water partition coefficient (Wildman–Crippen LogP) is 1.99. The number of amides is 1. The fourth-order valence-electron chi connectivity index (χ4n) is 3.49. The van der Waals surface area contributed by atoms with Crippen molar-refractivity contribution in [2.75, 3.05) is 0 Å². The molecule has 2 N–H and O–H groups in total. The zero-order valence-corrected chi connectivity index (χ0v) is 12.1. The predicted molar refractivity (Wildman–Crippen MR) is 73.1 cm³/mol. The number of rotatable bonds is 5. The molecule has 5 heteroatoms. The maximum Gasteiger partial charge on any atom is 0.221 e. The molecule has 1 saturated carbocycles. The van der Waals surface area contributed by atoms with Gasteiger partial charge in [0.05, 0.1) is 0 Å². The van der Waals surface area contributed by atoms with E-state index in [9.17, 15) is 4.79 Å². The molecule has 1 aromatic rings. The molecule has 0 saturated heterocycles. The van der Waals surface area contributed by atoms with Crippen molar-refractivity contribution < 1.29 is 4.79 Å². The lowest BCUT2D eigenvalue weighted by Crippen LogP contribution is -2.40. The van der Waals surface area contributed by atoms with E-state index in [0.29, 0.717) is 0 Å². The molecule has 1 amide bonds. The molecule has 106 valence electrons. The van der Waals surface area contributed by atoms with Gasteiger partial charge in [-0.05, 0) is 36.5 Å². The summed E-state index contributed by atoms with van der Waals surface area (Å²) in [4.78, 5) is 15.5.